The molecule has 1 aromatic rings. The summed E-state index contributed by atoms with van der Waals surface area (Å²) in [6.45, 7) is 6.98. The van der Waals surface area contributed by atoms with Crippen LogP contribution in [0.4, 0.5) is 4.79 Å². The van der Waals surface area contributed by atoms with E-state index in [1.807, 2.05) is 6.07 Å². The van der Waals surface area contributed by atoms with Gasteiger partial charge in [-0.25, -0.2) is 5.48 Å². The first kappa shape index (κ1) is 15.0. The second kappa shape index (κ2) is 6.88. The van der Waals surface area contributed by atoms with E-state index in [1.165, 1.54) is 5.56 Å². The maximum atomic E-state index is 11.2. The largest absolute Gasteiger partial charge is 0.334 e. The van der Waals surface area contributed by atoms with Crippen LogP contribution in [0.25, 0.3) is 0 Å². The highest BCUT2D eigenvalue weighted by atomic mass is 16.5. The summed E-state index contributed by atoms with van der Waals surface area (Å²) in [4.78, 5) is 15.8. The van der Waals surface area contributed by atoms with Gasteiger partial charge in [0.25, 0.3) is 0 Å². The Bertz CT molecular complexity index is 431. The van der Waals surface area contributed by atoms with Gasteiger partial charge in [0, 0.05) is 31.7 Å². The van der Waals surface area contributed by atoms with E-state index in [1.54, 1.807) is 5.48 Å². The standard InChI is InChI=1S/C14H22BN3O2/c1-11-8-17(15-14(19)16-20)9-12(2)18(11)10-13-6-4-3-5-7-13/h3-7,11-12,15,20H,8-10H2,1-2H3,(H,16,19). The van der Waals surface area contributed by atoms with Crippen molar-refractivity contribution in [3.8, 4) is 0 Å². The van der Waals surface area contributed by atoms with Gasteiger partial charge < -0.3 is 4.81 Å². The third-order valence-corrected chi connectivity index (χ3v) is 3.88. The fraction of sp³-hybridized carbons (Fsp3) is 0.500. The van der Waals surface area contributed by atoms with Crippen molar-refractivity contribution < 1.29 is 10.0 Å². The van der Waals surface area contributed by atoms with Gasteiger partial charge in [0.15, 0.2) is 0 Å². The first-order valence-electron chi connectivity index (χ1n) is 7.05. The Balaban J connectivity index is 1.95. The first-order valence-corrected chi connectivity index (χ1v) is 7.05. The minimum Gasteiger partial charge on any atom is -0.334 e. The molecule has 2 unspecified atom stereocenters. The highest BCUT2D eigenvalue weighted by Crippen LogP contribution is 2.18. The zero-order valence-corrected chi connectivity index (χ0v) is 12.1. The Morgan fingerprint density at radius 1 is 1.30 bits per heavy atom. The van der Waals surface area contributed by atoms with Gasteiger partial charge in [-0.15, -0.1) is 0 Å². The topological polar surface area (TPSA) is 55.8 Å². The average Bonchev–Trinajstić information content (AvgIpc) is 2.44. The van der Waals surface area contributed by atoms with Crippen molar-refractivity contribution in [1.29, 1.82) is 0 Å². The van der Waals surface area contributed by atoms with E-state index < -0.39 is 0 Å². The molecule has 2 rings (SSSR count). The van der Waals surface area contributed by atoms with Crippen LogP contribution < -0.4 is 5.48 Å². The Labute approximate surface area is 120 Å². The third kappa shape index (κ3) is 3.82. The number of carbonyl (C=O) groups is 1. The number of nitrogens with one attached hydrogen (secondary N) is 1. The molecule has 0 spiro atoms. The van der Waals surface area contributed by atoms with Crippen LogP contribution in [0.5, 0.6) is 0 Å². The van der Waals surface area contributed by atoms with E-state index in [9.17, 15) is 4.79 Å². The molecule has 1 heterocycles. The molecule has 0 aromatic heterocycles. The smallest absolute Gasteiger partial charge is 0.317 e. The van der Waals surface area contributed by atoms with Crippen molar-refractivity contribution in [2.24, 2.45) is 0 Å². The normalized spacial score (nSPS) is 24.4. The number of hydrogen-bond donors (Lipinski definition) is 2. The summed E-state index contributed by atoms with van der Waals surface area (Å²) in [6.07, 6.45) is 0. The van der Waals surface area contributed by atoms with Gasteiger partial charge >= 0.3 is 7.41 Å². The van der Waals surface area contributed by atoms with Crippen molar-refractivity contribution in [1.82, 2.24) is 15.2 Å². The molecule has 1 aliphatic rings. The van der Waals surface area contributed by atoms with E-state index in [0.29, 0.717) is 12.1 Å². The van der Waals surface area contributed by atoms with Crippen molar-refractivity contribution in [3.05, 3.63) is 35.9 Å². The number of piperazine rings is 1. The Morgan fingerprint density at radius 2 is 1.90 bits per heavy atom. The lowest BCUT2D eigenvalue weighted by atomic mass is 9.87. The van der Waals surface area contributed by atoms with Crippen LogP contribution in [-0.2, 0) is 6.54 Å². The van der Waals surface area contributed by atoms with Gasteiger partial charge in [0.2, 0.25) is 5.81 Å². The molecule has 1 amide bonds. The zero-order chi connectivity index (χ0) is 14.5. The molecular formula is C14H22BN3O2. The van der Waals surface area contributed by atoms with E-state index in [0.717, 1.165) is 19.6 Å². The lowest BCUT2D eigenvalue weighted by Gasteiger charge is -2.44. The molecule has 6 heteroatoms. The number of nitrogens with zero attached hydrogens (tertiary/aromatic N) is 2. The van der Waals surface area contributed by atoms with Crippen molar-refractivity contribution in [2.45, 2.75) is 32.5 Å². The molecule has 108 valence electrons. The van der Waals surface area contributed by atoms with Gasteiger partial charge in [-0.1, -0.05) is 30.3 Å². The molecule has 1 aliphatic heterocycles. The van der Waals surface area contributed by atoms with Crippen LogP contribution in [0.3, 0.4) is 0 Å². The molecule has 0 bridgehead atoms. The Kier molecular flexibility index (Phi) is 5.17. The monoisotopic (exact) mass is 275 g/mol. The maximum Gasteiger partial charge on any atom is 0.317 e. The van der Waals surface area contributed by atoms with Crippen molar-refractivity contribution >= 4 is 13.2 Å². The van der Waals surface area contributed by atoms with Crippen LogP contribution >= 0.6 is 0 Å². The lowest BCUT2D eigenvalue weighted by Crippen LogP contribution is -2.58. The van der Waals surface area contributed by atoms with Gasteiger partial charge in [-0.3, -0.25) is 14.9 Å². The minimum absolute atomic E-state index is 0.254. The van der Waals surface area contributed by atoms with Gasteiger partial charge in [0.05, 0.1) is 0 Å². The number of carbonyl (C=O) groups excluding carboxylic acids is 1. The number of amides is 1. The average molecular weight is 275 g/mol. The molecule has 0 radical (unpaired) electrons. The lowest BCUT2D eigenvalue weighted by molar-refractivity contribution is 0.0691. The van der Waals surface area contributed by atoms with E-state index in [2.05, 4.69) is 47.8 Å². The fourth-order valence-electron chi connectivity index (χ4n) is 2.94. The zero-order valence-electron chi connectivity index (χ0n) is 12.1. The molecule has 1 aromatic carbocycles. The fourth-order valence-corrected chi connectivity index (χ4v) is 2.94. The maximum absolute atomic E-state index is 11.2. The van der Waals surface area contributed by atoms with Crippen LogP contribution in [0.1, 0.15) is 19.4 Å². The van der Waals surface area contributed by atoms with Gasteiger partial charge in [-0.05, 0) is 19.4 Å². The van der Waals surface area contributed by atoms with Crippen molar-refractivity contribution in [2.75, 3.05) is 13.1 Å². The van der Waals surface area contributed by atoms with Gasteiger partial charge in [0.1, 0.15) is 0 Å². The van der Waals surface area contributed by atoms with Crippen LogP contribution in [0, 0.1) is 0 Å². The summed E-state index contributed by atoms with van der Waals surface area (Å²) in [5, 5.41) is 8.61. The quantitative estimate of drug-likeness (QED) is 0.489. The Hall–Kier alpha value is -1.37. The van der Waals surface area contributed by atoms with Crippen LogP contribution in [0.2, 0.25) is 0 Å². The summed E-state index contributed by atoms with van der Waals surface area (Å²) >= 11 is 0. The second-order valence-electron chi connectivity index (χ2n) is 5.59. The number of hydrogen-bond acceptors (Lipinski definition) is 4. The Morgan fingerprint density at radius 3 is 2.45 bits per heavy atom. The third-order valence-electron chi connectivity index (χ3n) is 3.88. The van der Waals surface area contributed by atoms with Crippen LogP contribution in [0.15, 0.2) is 30.3 Å². The highest BCUT2D eigenvalue weighted by molar-refractivity contribution is 6.71. The first-order chi connectivity index (χ1) is 9.60. The minimum atomic E-state index is -0.346. The summed E-state index contributed by atoms with van der Waals surface area (Å²) in [7, 11) is 0.254. The van der Waals surface area contributed by atoms with E-state index in [4.69, 9.17) is 5.21 Å². The molecular weight excluding hydrogens is 253 g/mol. The van der Waals surface area contributed by atoms with Crippen molar-refractivity contribution in [3.63, 3.8) is 0 Å². The predicted octanol–water partition coefficient (Wildman–Crippen LogP) is 1.03. The molecule has 2 atom stereocenters. The molecule has 20 heavy (non-hydrogen) atoms. The SMILES string of the molecule is CC1CN(BC(=O)NO)CC(C)N1Cc1ccccc1. The second-order valence-corrected chi connectivity index (χ2v) is 5.59. The molecule has 2 N–H and O–H groups in total. The number of hydroxylamine groups is 1. The molecule has 0 saturated carbocycles. The molecule has 1 saturated heterocycles. The van der Waals surface area contributed by atoms with Crippen LogP contribution in [-0.4, -0.2) is 53.3 Å². The summed E-state index contributed by atoms with van der Waals surface area (Å²) in [5.41, 5.74) is 3.01. The number of rotatable bonds is 4. The summed E-state index contributed by atoms with van der Waals surface area (Å²) in [6, 6.07) is 11.2. The van der Waals surface area contributed by atoms with E-state index >= 15 is 0 Å². The van der Waals surface area contributed by atoms with Gasteiger partial charge in [-0.2, -0.15) is 0 Å². The summed E-state index contributed by atoms with van der Waals surface area (Å²) in [5.74, 6) is -0.346. The molecule has 0 aliphatic carbocycles. The molecule has 5 nitrogen and oxygen atoms in total. The highest BCUT2D eigenvalue weighted by Gasteiger charge is 2.30. The summed E-state index contributed by atoms with van der Waals surface area (Å²) < 4.78 is 0. The number of benzene rings is 1. The van der Waals surface area contributed by atoms with E-state index in [-0.39, 0.29) is 13.2 Å². The molecule has 1 fully saturated rings. The predicted molar refractivity (Wildman–Crippen MR) is 79.9 cm³/mol.